The fourth-order valence-corrected chi connectivity index (χ4v) is 5.33. The zero-order valence-electron chi connectivity index (χ0n) is 18.9. The van der Waals surface area contributed by atoms with E-state index in [1.807, 2.05) is 23.1 Å². The Morgan fingerprint density at radius 1 is 1.17 bits per heavy atom. The van der Waals surface area contributed by atoms with Crippen molar-refractivity contribution in [2.24, 2.45) is 0 Å². The van der Waals surface area contributed by atoms with Crippen LogP contribution in [0.5, 0.6) is 11.9 Å². The first-order valence-electron chi connectivity index (χ1n) is 11.2. The van der Waals surface area contributed by atoms with Crippen molar-refractivity contribution in [1.82, 2.24) is 25.3 Å². The number of aromatic nitrogens is 4. The maximum absolute atomic E-state index is 12.7. The number of carbonyl (C=O) groups is 1. The first-order chi connectivity index (χ1) is 17.1. The molecule has 1 aromatic carbocycles. The number of rotatable bonds is 3. The van der Waals surface area contributed by atoms with E-state index in [0.717, 1.165) is 26.7 Å². The number of nitrogens with one attached hydrogen (secondary N) is 2. The Morgan fingerprint density at radius 3 is 2.86 bits per heavy atom. The number of anilines is 2. The second kappa shape index (κ2) is 8.65. The van der Waals surface area contributed by atoms with Crippen LogP contribution < -0.4 is 20.3 Å². The van der Waals surface area contributed by atoms with Crippen LogP contribution in [0.3, 0.4) is 0 Å². The van der Waals surface area contributed by atoms with Crippen LogP contribution in [0.25, 0.3) is 21.0 Å². The molecule has 1 amide bonds. The number of fused-ring (bicyclic) bond motifs is 5. The SMILES string of the molecule is C#C[C@@H]1CNc2c(sc3ccc4nc(Oc5nc(C)nc(N6CCOCC6)n5)ccc4c23)C(=O)N1. The van der Waals surface area contributed by atoms with Crippen molar-refractivity contribution in [1.29, 1.82) is 0 Å². The molecule has 5 heterocycles. The molecule has 6 rings (SSSR count). The average Bonchev–Trinajstić information content (AvgIpc) is 3.18. The standard InChI is InChI=1S/C24H21N7O3S/c1-3-14-12-25-20-19-15-4-7-18(29-16(15)5-6-17(19)35-21(20)22(32)28-14)34-24-27-13(2)26-23(30-24)31-8-10-33-11-9-31/h1,4-7,14,25H,8-12H2,2H3,(H,28,32)/t14-/m1/s1. The van der Waals surface area contributed by atoms with E-state index in [-0.39, 0.29) is 18.0 Å². The summed E-state index contributed by atoms with van der Waals surface area (Å²) >= 11 is 1.43. The quantitative estimate of drug-likeness (QED) is 0.421. The number of hydrogen-bond donors (Lipinski definition) is 2. The number of nitrogens with zero attached hydrogens (tertiary/aromatic N) is 5. The van der Waals surface area contributed by atoms with E-state index in [4.69, 9.17) is 15.9 Å². The largest absolute Gasteiger partial charge is 0.405 e. The molecule has 3 aromatic heterocycles. The molecule has 0 bridgehead atoms. The number of ether oxygens (including phenoxy) is 2. The van der Waals surface area contributed by atoms with Gasteiger partial charge >= 0.3 is 6.01 Å². The van der Waals surface area contributed by atoms with E-state index in [0.29, 0.717) is 55.4 Å². The van der Waals surface area contributed by atoms with E-state index in [1.165, 1.54) is 11.3 Å². The molecule has 0 saturated carbocycles. The lowest BCUT2D eigenvalue weighted by molar-refractivity contribution is 0.0954. The van der Waals surface area contributed by atoms with Gasteiger partial charge < -0.3 is 25.0 Å². The minimum absolute atomic E-state index is 0.170. The molecule has 176 valence electrons. The van der Waals surface area contributed by atoms with Crippen LogP contribution in [0.4, 0.5) is 11.6 Å². The van der Waals surface area contributed by atoms with E-state index in [2.05, 4.69) is 36.5 Å². The summed E-state index contributed by atoms with van der Waals surface area (Å²) in [6.07, 6.45) is 5.54. The second-order valence-electron chi connectivity index (χ2n) is 8.20. The normalized spacial score (nSPS) is 17.9. The highest BCUT2D eigenvalue weighted by Gasteiger charge is 2.25. The number of morpholine rings is 1. The molecule has 4 aromatic rings. The zero-order valence-corrected chi connectivity index (χ0v) is 19.7. The molecule has 1 fully saturated rings. The molecule has 1 atom stereocenters. The molecule has 0 unspecified atom stereocenters. The van der Waals surface area contributed by atoms with Gasteiger partial charge in [0.1, 0.15) is 16.7 Å². The third-order valence-electron chi connectivity index (χ3n) is 5.90. The molecule has 10 nitrogen and oxygen atoms in total. The maximum atomic E-state index is 12.7. The van der Waals surface area contributed by atoms with Gasteiger partial charge in [0.05, 0.1) is 24.4 Å². The van der Waals surface area contributed by atoms with Gasteiger partial charge in [-0.1, -0.05) is 5.92 Å². The predicted molar refractivity (Wildman–Crippen MR) is 133 cm³/mol. The van der Waals surface area contributed by atoms with Crippen molar-refractivity contribution in [3.05, 3.63) is 35.0 Å². The summed E-state index contributed by atoms with van der Waals surface area (Å²) in [5.74, 6) is 3.93. The van der Waals surface area contributed by atoms with Gasteiger partial charge in [0, 0.05) is 41.2 Å². The fraction of sp³-hybridized carbons (Fsp3) is 0.292. The average molecular weight is 488 g/mol. The molecule has 2 N–H and O–H groups in total. The molecule has 2 aliphatic rings. The summed E-state index contributed by atoms with van der Waals surface area (Å²) in [6.45, 7) is 4.95. The number of terminal acetylenes is 1. The monoisotopic (exact) mass is 487 g/mol. The van der Waals surface area contributed by atoms with E-state index in [9.17, 15) is 4.79 Å². The van der Waals surface area contributed by atoms with Crippen molar-refractivity contribution < 1.29 is 14.3 Å². The van der Waals surface area contributed by atoms with Crippen LogP contribution in [0.1, 0.15) is 15.5 Å². The van der Waals surface area contributed by atoms with Crippen molar-refractivity contribution in [3.8, 4) is 24.2 Å². The fourth-order valence-electron chi connectivity index (χ4n) is 4.24. The van der Waals surface area contributed by atoms with Crippen molar-refractivity contribution in [3.63, 3.8) is 0 Å². The van der Waals surface area contributed by atoms with Gasteiger partial charge in [0.2, 0.25) is 11.8 Å². The topological polar surface area (TPSA) is 114 Å². The third kappa shape index (κ3) is 3.96. The van der Waals surface area contributed by atoms with Crippen LogP contribution in [0.2, 0.25) is 0 Å². The molecular formula is C24H21N7O3S. The van der Waals surface area contributed by atoms with Crippen molar-refractivity contribution in [2.75, 3.05) is 43.1 Å². The van der Waals surface area contributed by atoms with Crippen LogP contribution in [-0.2, 0) is 4.74 Å². The lowest BCUT2D eigenvalue weighted by Crippen LogP contribution is -2.37. The number of aryl methyl sites for hydroxylation is 1. The molecule has 0 radical (unpaired) electrons. The number of amides is 1. The third-order valence-corrected chi connectivity index (χ3v) is 7.05. The Morgan fingerprint density at radius 2 is 2.03 bits per heavy atom. The predicted octanol–water partition coefficient (Wildman–Crippen LogP) is 2.73. The van der Waals surface area contributed by atoms with Gasteiger partial charge in [-0.05, 0) is 25.1 Å². The smallest absolute Gasteiger partial charge is 0.328 e. The highest BCUT2D eigenvalue weighted by molar-refractivity contribution is 7.21. The van der Waals surface area contributed by atoms with Crippen molar-refractivity contribution >= 4 is 49.9 Å². The van der Waals surface area contributed by atoms with Crippen molar-refractivity contribution in [2.45, 2.75) is 13.0 Å². The molecular weight excluding hydrogens is 466 g/mol. The lowest BCUT2D eigenvalue weighted by atomic mass is 10.1. The zero-order chi connectivity index (χ0) is 23.9. The molecule has 11 heteroatoms. The highest BCUT2D eigenvalue weighted by Crippen LogP contribution is 2.41. The number of hydrogen-bond acceptors (Lipinski definition) is 10. The Balaban J connectivity index is 1.35. The number of carbonyl (C=O) groups excluding carboxylic acids is 1. The van der Waals surface area contributed by atoms with E-state index in [1.54, 1.807) is 13.0 Å². The molecule has 1 saturated heterocycles. The van der Waals surface area contributed by atoms with Gasteiger partial charge in [0.15, 0.2) is 0 Å². The minimum Gasteiger partial charge on any atom is -0.405 e. The molecule has 0 spiro atoms. The van der Waals surface area contributed by atoms with Crippen LogP contribution >= 0.6 is 11.3 Å². The van der Waals surface area contributed by atoms with Gasteiger partial charge in [-0.2, -0.15) is 15.0 Å². The number of thiophene rings is 1. The lowest BCUT2D eigenvalue weighted by Gasteiger charge is -2.26. The van der Waals surface area contributed by atoms with E-state index >= 15 is 0 Å². The summed E-state index contributed by atoms with van der Waals surface area (Å²) in [4.78, 5) is 33.3. The Hall–Kier alpha value is -4.01. The van der Waals surface area contributed by atoms with Gasteiger partial charge in [-0.25, -0.2) is 4.98 Å². The Kier molecular flexibility index (Phi) is 5.32. The van der Waals surface area contributed by atoms with Gasteiger partial charge in [0.25, 0.3) is 5.91 Å². The summed E-state index contributed by atoms with van der Waals surface area (Å²) in [6, 6.07) is 7.42. The van der Waals surface area contributed by atoms with Crippen LogP contribution in [-0.4, -0.2) is 64.7 Å². The number of benzene rings is 1. The summed E-state index contributed by atoms with van der Waals surface area (Å²) in [5, 5.41) is 8.08. The second-order valence-corrected chi connectivity index (χ2v) is 9.25. The van der Waals surface area contributed by atoms with Gasteiger partial charge in [-0.15, -0.1) is 17.8 Å². The van der Waals surface area contributed by atoms with Crippen LogP contribution in [0, 0.1) is 19.3 Å². The molecule has 35 heavy (non-hydrogen) atoms. The Labute approximate surface area is 204 Å². The summed E-state index contributed by atoms with van der Waals surface area (Å²) in [5.41, 5.74) is 1.51. The summed E-state index contributed by atoms with van der Waals surface area (Å²) in [7, 11) is 0. The van der Waals surface area contributed by atoms with E-state index < -0.39 is 0 Å². The number of pyridine rings is 1. The Bertz CT molecular complexity index is 1510. The van der Waals surface area contributed by atoms with Gasteiger partial charge in [-0.3, -0.25) is 4.79 Å². The minimum atomic E-state index is -0.364. The summed E-state index contributed by atoms with van der Waals surface area (Å²) < 4.78 is 12.3. The highest BCUT2D eigenvalue weighted by atomic mass is 32.1. The van der Waals surface area contributed by atoms with Crippen LogP contribution in [0.15, 0.2) is 24.3 Å². The molecule has 0 aliphatic carbocycles. The molecule has 2 aliphatic heterocycles. The first kappa shape index (κ1) is 21.5. The first-order valence-corrected chi connectivity index (χ1v) is 12.0. The maximum Gasteiger partial charge on any atom is 0.328 e.